The number of carbonyl (C=O) groups is 2. The fourth-order valence-electron chi connectivity index (χ4n) is 3.66. The summed E-state index contributed by atoms with van der Waals surface area (Å²) in [7, 11) is 0. The molecule has 7 nitrogen and oxygen atoms in total. The van der Waals surface area contributed by atoms with E-state index in [1.165, 1.54) is 17.6 Å². The number of aromatic nitrogens is 1. The molecule has 1 aliphatic heterocycles. The molecule has 0 radical (unpaired) electrons. The minimum absolute atomic E-state index is 0.417. The highest BCUT2D eigenvalue weighted by Gasteiger charge is 2.40. The van der Waals surface area contributed by atoms with E-state index in [0.29, 0.717) is 11.5 Å². The van der Waals surface area contributed by atoms with Crippen molar-refractivity contribution in [3.63, 3.8) is 0 Å². The molecule has 1 saturated heterocycles. The Bertz CT molecular complexity index is 1340. The number of aliphatic hydroxyl groups excluding tert-OH is 1. The molecular weight excluding hydrogens is 448 g/mol. The maximum atomic E-state index is 13.1. The van der Waals surface area contributed by atoms with Gasteiger partial charge >= 0.3 is 6.03 Å². The molecule has 8 heteroatoms. The SMILES string of the molecule is O=C1NC(O)C(/C=N/c2nc(-c3ccccc3)sc2-c2ccccc2)C(=O)N1c1ccccc1. The summed E-state index contributed by atoms with van der Waals surface area (Å²) in [6.07, 6.45) is -0.0327. The van der Waals surface area contributed by atoms with Crippen LogP contribution in [-0.2, 0) is 4.79 Å². The maximum absolute atomic E-state index is 13.1. The van der Waals surface area contributed by atoms with Crippen LogP contribution in [0.4, 0.5) is 16.3 Å². The average Bonchev–Trinajstić information content (AvgIpc) is 3.30. The summed E-state index contributed by atoms with van der Waals surface area (Å²) in [5.41, 5.74) is 2.33. The number of nitrogens with zero attached hydrogens (tertiary/aromatic N) is 3. The minimum atomic E-state index is -1.39. The number of aliphatic hydroxyl groups is 1. The van der Waals surface area contributed by atoms with Crippen molar-refractivity contribution in [2.75, 3.05) is 4.90 Å². The van der Waals surface area contributed by atoms with Crippen molar-refractivity contribution in [1.82, 2.24) is 10.3 Å². The number of amides is 3. The Morgan fingerprint density at radius 1 is 0.882 bits per heavy atom. The fourth-order valence-corrected chi connectivity index (χ4v) is 4.69. The Morgan fingerprint density at radius 3 is 2.12 bits per heavy atom. The van der Waals surface area contributed by atoms with Crippen molar-refractivity contribution in [2.24, 2.45) is 10.9 Å². The second-order valence-electron chi connectivity index (χ2n) is 7.61. The summed E-state index contributed by atoms with van der Waals surface area (Å²) >= 11 is 1.50. The number of imide groups is 1. The number of nitrogens with one attached hydrogen (secondary N) is 1. The molecule has 3 amide bonds. The van der Waals surface area contributed by atoms with Gasteiger partial charge in [0.05, 0.1) is 10.6 Å². The molecule has 2 N–H and O–H groups in total. The normalized spacial score (nSPS) is 18.3. The van der Waals surface area contributed by atoms with Gasteiger partial charge in [0.1, 0.15) is 17.2 Å². The third-order valence-electron chi connectivity index (χ3n) is 5.36. The highest BCUT2D eigenvalue weighted by atomic mass is 32.1. The lowest BCUT2D eigenvalue weighted by Gasteiger charge is -2.33. The lowest BCUT2D eigenvalue weighted by Crippen LogP contribution is -2.60. The van der Waals surface area contributed by atoms with E-state index >= 15 is 0 Å². The number of rotatable bonds is 5. The second kappa shape index (κ2) is 9.38. The van der Waals surface area contributed by atoms with E-state index in [4.69, 9.17) is 4.98 Å². The van der Waals surface area contributed by atoms with Crippen LogP contribution in [0, 0.1) is 5.92 Å². The topological polar surface area (TPSA) is 94.9 Å². The van der Waals surface area contributed by atoms with Crippen LogP contribution < -0.4 is 10.2 Å². The standard InChI is InChI=1S/C26H20N4O3S/c31-23-20(25(32)30(26(33)29-23)19-14-8-3-9-15-19)16-27-22-21(17-10-4-1-5-11-17)34-24(28-22)18-12-6-2-7-13-18/h1-16,20,23,31H,(H,29,33)/b27-16+. The molecule has 168 valence electrons. The molecule has 0 aliphatic carbocycles. The highest BCUT2D eigenvalue weighted by molar-refractivity contribution is 7.19. The van der Waals surface area contributed by atoms with Crippen molar-refractivity contribution < 1.29 is 14.7 Å². The molecular formula is C26H20N4O3S. The van der Waals surface area contributed by atoms with E-state index in [1.54, 1.807) is 30.3 Å². The molecule has 4 aromatic rings. The Hall–Kier alpha value is -4.14. The van der Waals surface area contributed by atoms with Gasteiger partial charge in [-0.2, -0.15) is 0 Å². The number of hydrogen-bond acceptors (Lipinski definition) is 6. The number of para-hydroxylation sites is 1. The smallest absolute Gasteiger partial charge is 0.330 e. The van der Waals surface area contributed by atoms with E-state index in [-0.39, 0.29) is 0 Å². The van der Waals surface area contributed by atoms with Gasteiger partial charge in [0, 0.05) is 11.8 Å². The summed E-state index contributed by atoms with van der Waals surface area (Å²) in [4.78, 5) is 36.6. The van der Waals surface area contributed by atoms with E-state index < -0.39 is 24.1 Å². The van der Waals surface area contributed by atoms with Crippen LogP contribution >= 0.6 is 11.3 Å². The summed E-state index contributed by atoms with van der Waals surface area (Å²) in [5, 5.41) is 13.7. The van der Waals surface area contributed by atoms with Crippen molar-refractivity contribution in [1.29, 1.82) is 0 Å². The monoisotopic (exact) mass is 468 g/mol. The molecule has 5 rings (SSSR count). The van der Waals surface area contributed by atoms with Gasteiger partial charge < -0.3 is 10.4 Å². The van der Waals surface area contributed by atoms with Crippen molar-refractivity contribution in [3.8, 4) is 21.0 Å². The molecule has 1 fully saturated rings. The van der Waals surface area contributed by atoms with Gasteiger partial charge in [0.15, 0.2) is 5.82 Å². The quantitative estimate of drug-likeness (QED) is 0.409. The number of aliphatic imine (C=N–C) groups is 1. The Kier molecular flexibility index (Phi) is 5.99. The average molecular weight is 469 g/mol. The number of thiazole rings is 1. The molecule has 2 unspecified atom stereocenters. The number of urea groups is 1. The van der Waals surface area contributed by atoms with Crippen molar-refractivity contribution >= 4 is 41.0 Å². The summed E-state index contributed by atoms with van der Waals surface area (Å²) in [6.45, 7) is 0. The second-order valence-corrected chi connectivity index (χ2v) is 8.61. The Labute approximate surface area is 200 Å². The first-order valence-electron chi connectivity index (χ1n) is 10.7. The van der Waals surface area contributed by atoms with Gasteiger partial charge in [-0.05, 0) is 17.7 Å². The molecule has 1 aromatic heterocycles. The van der Waals surface area contributed by atoms with Crippen molar-refractivity contribution in [3.05, 3.63) is 91.0 Å². The Morgan fingerprint density at radius 2 is 1.47 bits per heavy atom. The first kappa shape index (κ1) is 21.7. The van der Waals surface area contributed by atoms with Crippen LogP contribution in [0.1, 0.15) is 0 Å². The van der Waals surface area contributed by atoms with Gasteiger partial charge in [0.25, 0.3) is 0 Å². The van der Waals surface area contributed by atoms with Crippen molar-refractivity contribution in [2.45, 2.75) is 6.23 Å². The third kappa shape index (κ3) is 4.24. The Balaban J connectivity index is 1.51. The molecule has 1 aliphatic rings. The van der Waals surface area contributed by atoms with Gasteiger partial charge in [0.2, 0.25) is 5.91 Å². The number of benzene rings is 3. The van der Waals surface area contributed by atoms with Gasteiger partial charge in [-0.1, -0.05) is 78.9 Å². The zero-order chi connectivity index (χ0) is 23.5. The van der Waals surface area contributed by atoms with Crippen LogP contribution in [0.25, 0.3) is 21.0 Å². The third-order valence-corrected chi connectivity index (χ3v) is 6.50. The summed E-state index contributed by atoms with van der Waals surface area (Å²) in [5.74, 6) is -1.19. The zero-order valence-corrected chi connectivity index (χ0v) is 18.7. The van der Waals surface area contributed by atoms with Crippen LogP contribution in [0.15, 0.2) is 96.0 Å². The first-order chi connectivity index (χ1) is 16.6. The first-order valence-corrected chi connectivity index (χ1v) is 11.5. The lowest BCUT2D eigenvalue weighted by atomic mass is 10.0. The molecule has 3 aromatic carbocycles. The van der Waals surface area contributed by atoms with Gasteiger partial charge in [-0.3, -0.25) is 4.79 Å². The largest absolute Gasteiger partial charge is 0.372 e. The van der Waals surface area contributed by atoms with Crippen LogP contribution in [0.3, 0.4) is 0 Å². The van der Waals surface area contributed by atoms with E-state index in [1.807, 2.05) is 60.7 Å². The summed E-state index contributed by atoms with van der Waals surface area (Å²) in [6, 6.07) is 27.4. The lowest BCUT2D eigenvalue weighted by molar-refractivity contribution is -0.123. The van der Waals surface area contributed by atoms with Crippen LogP contribution in [0.2, 0.25) is 0 Å². The van der Waals surface area contributed by atoms with E-state index in [2.05, 4.69) is 10.3 Å². The van der Waals surface area contributed by atoms with Gasteiger partial charge in [-0.25, -0.2) is 19.7 Å². The van der Waals surface area contributed by atoms with Gasteiger partial charge in [-0.15, -0.1) is 11.3 Å². The molecule has 0 saturated carbocycles. The number of carbonyl (C=O) groups excluding carboxylic acids is 2. The molecule has 0 spiro atoms. The fraction of sp³-hybridized carbons (Fsp3) is 0.0769. The molecule has 2 heterocycles. The number of hydrogen-bond donors (Lipinski definition) is 2. The molecule has 34 heavy (non-hydrogen) atoms. The highest BCUT2D eigenvalue weighted by Crippen LogP contribution is 2.40. The van der Waals surface area contributed by atoms with E-state index in [0.717, 1.165) is 25.9 Å². The molecule has 2 atom stereocenters. The predicted octanol–water partition coefficient (Wildman–Crippen LogP) is 4.87. The number of anilines is 1. The zero-order valence-electron chi connectivity index (χ0n) is 17.9. The molecule has 0 bridgehead atoms. The minimum Gasteiger partial charge on any atom is -0.372 e. The van der Waals surface area contributed by atoms with Crippen LogP contribution in [0.5, 0.6) is 0 Å². The predicted molar refractivity (Wildman–Crippen MR) is 133 cm³/mol. The maximum Gasteiger partial charge on any atom is 0.330 e. The summed E-state index contributed by atoms with van der Waals surface area (Å²) < 4.78 is 0. The van der Waals surface area contributed by atoms with Crippen LogP contribution in [-0.4, -0.2) is 34.5 Å². The van der Waals surface area contributed by atoms with E-state index in [9.17, 15) is 14.7 Å².